The molecule has 4 nitrogen and oxygen atoms in total. The average molecular weight is 261 g/mol. The van der Waals surface area contributed by atoms with Gasteiger partial charge in [0.1, 0.15) is 6.10 Å². The molecule has 0 aliphatic carbocycles. The molecule has 1 unspecified atom stereocenters. The number of phenols is 1. The SMILES string of the molecule is CCOc1cc(CNCC(O)C(F)F)ccc1O. The van der Waals surface area contributed by atoms with Crippen molar-refractivity contribution in [1.29, 1.82) is 0 Å². The molecule has 1 atom stereocenters. The van der Waals surface area contributed by atoms with Gasteiger partial charge in [0.15, 0.2) is 11.5 Å². The molecular weight excluding hydrogens is 244 g/mol. The van der Waals surface area contributed by atoms with E-state index in [2.05, 4.69) is 5.32 Å². The molecule has 0 radical (unpaired) electrons. The highest BCUT2D eigenvalue weighted by atomic mass is 19.3. The van der Waals surface area contributed by atoms with E-state index in [1.54, 1.807) is 19.1 Å². The van der Waals surface area contributed by atoms with Gasteiger partial charge in [0, 0.05) is 13.1 Å². The lowest BCUT2D eigenvalue weighted by molar-refractivity contribution is -0.00340. The molecule has 18 heavy (non-hydrogen) atoms. The zero-order valence-electron chi connectivity index (χ0n) is 10.1. The molecule has 0 aromatic heterocycles. The number of aliphatic hydroxyl groups is 1. The monoisotopic (exact) mass is 261 g/mol. The molecule has 6 heteroatoms. The zero-order valence-corrected chi connectivity index (χ0v) is 10.1. The molecule has 3 N–H and O–H groups in total. The van der Waals surface area contributed by atoms with Gasteiger partial charge < -0.3 is 20.3 Å². The largest absolute Gasteiger partial charge is 0.504 e. The topological polar surface area (TPSA) is 61.7 Å². The van der Waals surface area contributed by atoms with E-state index in [1.165, 1.54) is 6.07 Å². The van der Waals surface area contributed by atoms with Crippen molar-refractivity contribution in [3.63, 3.8) is 0 Å². The predicted molar refractivity (Wildman–Crippen MR) is 63.0 cm³/mol. The normalized spacial score (nSPS) is 12.7. The second-order valence-electron chi connectivity index (χ2n) is 3.77. The highest BCUT2D eigenvalue weighted by Crippen LogP contribution is 2.26. The van der Waals surface area contributed by atoms with E-state index in [0.717, 1.165) is 5.56 Å². The van der Waals surface area contributed by atoms with Crippen molar-refractivity contribution < 1.29 is 23.7 Å². The van der Waals surface area contributed by atoms with E-state index < -0.39 is 12.5 Å². The number of ether oxygens (including phenoxy) is 1. The lowest BCUT2D eigenvalue weighted by Gasteiger charge is -2.12. The number of phenolic OH excluding ortho intramolecular Hbond substituents is 1. The molecule has 102 valence electrons. The van der Waals surface area contributed by atoms with Gasteiger partial charge in [-0.05, 0) is 24.6 Å². The van der Waals surface area contributed by atoms with Gasteiger partial charge in [-0.3, -0.25) is 0 Å². The van der Waals surface area contributed by atoms with Crippen LogP contribution in [0.5, 0.6) is 11.5 Å². The molecule has 0 amide bonds. The van der Waals surface area contributed by atoms with Crippen LogP contribution in [0.25, 0.3) is 0 Å². The summed E-state index contributed by atoms with van der Waals surface area (Å²) in [5.41, 5.74) is 0.776. The molecule has 0 aliphatic heterocycles. The van der Waals surface area contributed by atoms with Crippen molar-refractivity contribution >= 4 is 0 Å². The zero-order chi connectivity index (χ0) is 13.5. The summed E-state index contributed by atoms with van der Waals surface area (Å²) in [7, 11) is 0. The third kappa shape index (κ3) is 4.46. The van der Waals surface area contributed by atoms with Crippen LogP contribution in [0.1, 0.15) is 12.5 Å². The third-order valence-electron chi connectivity index (χ3n) is 2.30. The Labute approximate surface area is 104 Å². The van der Waals surface area contributed by atoms with Crippen molar-refractivity contribution in [3.8, 4) is 11.5 Å². The van der Waals surface area contributed by atoms with Crippen LogP contribution in [0, 0.1) is 0 Å². The van der Waals surface area contributed by atoms with E-state index in [-0.39, 0.29) is 12.3 Å². The maximum Gasteiger partial charge on any atom is 0.265 e. The molecule has 0 saturated carbocycles. The minimum atomic E-state index is -2.75. The Bertz CT molecular complexity index is 374. The van der Waals surface area contributed by atoms with Gasteiger partial charge in [0.25, 0.3) is 6.43 Å². The molecule has 1 aromatic rings. The van der Waals surface area contributed by atoms with Crippen molar-refractivity contribution in [2.75, 3.05) is 13.2 Å². The van der Waals surface area contributed by atoms with Crippen molar-refractivity contribution in [3.05, 3.63) is 23.8 Å². The Hall–Kier alpha value is -1.40. The number of aliphatic hydroxyl groups excluding tert-OH is 1. The first-order chi connectivity index (χ1) is 8.54. The van der Waals surface area contributed by atoms with Crippen LogP contribution in [-0.4, -0.2) is 35.9 Å². The first-order valence-corrected chi connectivity index (χ1v) is 5.66. The first-order valence-electron chi connectivity index (χ1n) is 5.66. The number of aromatic hydroxyl groups is 1. The number of halogens is 2. The summed E-state index contributed by atoms with van der Waals surface area (Å²) in [4.78, 5) is 0. The molecule has 0 fully saturated rings. The average Bonchev–Trinajstić information content (AvgIpc) is 2.33. The maximum atomic E-state index is 12.0. The Balaban J connectivity index is 2.50. The van der Waals surface area contributed by atoms with Crippen molar-refractivity contribution in [1.82, 2.24) is 5.32 Å². The van der Waals surface area contributed by atoms with Crippen LogP contribution in [0.3, 0.4) is 0 Å². The smallest absolute Gasteiger partial charge is 0.265 e. The van der Waals surface area contributed by atoms with E-state index in [9.17, 15) is 13.9 Å². The van der Waals surface area contributed by atoms with Crippen LogP contribution < -0.4 is 10.1 Å². The fourth-order valence-electron chi connectivity index (χ4n) is 1.39. The maximum absolute atomic E-state index is 12.0. The number of rotatable bonds is 7. The molecule has 0 bridgehead atoms. The first kappa shape index (κ1) is 14.7. The summed E-state index contributed by atoms with van der Waals surface area (Å²) in [5, 5.41) is 21.1. The standard InChI is InChI=1S/C12H17F2NO3/c1-2-18-11-5-8(3-4-9(11)16)6-15-7-10(17)12(13)14/h3-5,10,12,15-17H,2,6-7H2,1H3. The second kappa shape index (κ2) is 7.13. The van der Waals surface area contributed by atoms with Crippen LogP contribution >= 0.6 is 0 Å². The number of nitrogens with one attached hydrogen (secondary N) is 1. The van der Waals surface area contributed by atoms with Gasteiger partial charge in [-0.2, -0.15) is 0 Å². The van der Waals surface area contributed by atoms with E-state index in [4.69, 9.17) is 9.84 Å². The molecule has 0 saturated heterocycles. The minimum Gasteiger partial charge on any atom is -0.504 e. The summed E-state index contributed by atoms with van der Waals surface area (Å²) in [6.45, 7) is 2.34. The van der Waals surface area contributed by atoms with E-state index in [1.807, 2.05) is 0 Å². The third-order valence-corrected chi connectivity index (χ3v) is 2.30. The number of alkyl halides is 2. The second-order valence-corrected chi connectivity index (χ2v) is 3.77. The van der Waals surface area contributed by atoms with E-state index >= 15 is 0 Å². The van der Waals surface area contributed by atoms with Crippen molar-refractivity contribution in [2.45, 2.75) is 26.0 Å². The molecule has 0 spiro atoms. The highest BCUT2D eigenvalue weighted by Gasteiger charge is 2.15. The van der Waals surface area contributed by atoms with Crippen LogP contribution in [0.2, 0.25) is 0 Å². The molecule has 1 rings (SSSR count). The summed E-state index contributed by atoms with van der Waals surface area (Å²) in [5.74, 6) is 0.388. The fourth-order valence-corrected chi connectivity index (χ4v) is 1.39. The fraction of sp³-hybridized carbons (Fsp3) is 0.500. The van der Waals surface area contributed by atoms with Gasteiger partial charge in [0.05, 0.1) is 6.61 Å². The Kier molecular flexibility index (Phi) is 5.80. The summed E-state index contributed by atoms with van der Waals surface area (Å²) >= 11 is 0. The lowest BCUT2D eigenvalue weighted by Crippen LogP contribution is -2.31. The van der Waals surface area contributed by atoms with Gasteiger partial charge in [-0.1, -0.05) is 6.07 Å². The van der Waals surface area contributed by atoms with Gasteiger partial charge in [0.2, 0.25) is 0 Å². The summed E-state index contributed by atoms with van der Waals surface area (Å²) in [6.07, 6.45) is -4.43. The van der Waals surface area contributed by atoms with Crippen LogP contribution in [-0.2, 0) is 6.54 Å². The molecule has 0 aliphatic rings. The summed E-state index contributed by atoms with van der Waals surface area (Å²) < 4.78 is 29.3. The number of hydrogen-bond donors (Lipinski definition) is 3. The van der Waals surface area contributed by atoms with E-state index in [0.29, 0.717) is 18.9 Å². The quantitative estimate of drug-likeness (QED) is 0.696. The number of hydrogen-bond acceptors (Lipinski definition) is 4. The summed E-state index contributed by atoms with van der Waals surface area (Å²) in [6, 6.07) is 4.76. The Morgan fingerprint density at radius 3 is 2.72 bits per heavy atom. The van der Waals surface area contributed by atoms with Gasteiger partial charge in [-0.25, -0.2) is 8.78 Å². The highest BCUT2D eigenvalue weighted by molar-refractivity contribution is 5.41. The Morgan fingerprint density at radius 1 is 1.39 bits per heavy atom. The lowest BCUT2D eigenvalue weighted by atomic mass is 10.2. The van der Waals surface area contributed by atoms with Crippen molar-refractivity contribution in [2.24, 2.45) is 0 Å². The predicted octanol–water partition coefficient (Wildman–Crippen LogP) is 1.51. The van der Waals surface area contributed by atoms with Crippen LogP contribution in [0.15, 0.2) is 18.2 Å². The number of benzene rings is 1. The van der Waals surface area contributed by atoms with Gasteiger partial charge in [-0.15, -0.1) is 0 Å². The molecule has 0 heterocycles. The molecular formula is C12H17F2NO3. The Morgan fingerprint density at radius 2 is 2.11 bits per heavy atom. The van der Waals surface area contributed by atoms with Gasteiger partial charge >= 0.3 is 0 Å². The molecule has 1 aromatic carbocycles. The van der Waals surface area contributed by atoms with Crippen LogP contribution in [0.4, 0.5) is 8.78 Å². The minimum absolute atomic E-state index is 0.0354.